The van der Waals surface area contributed by atoms with Crippen LogP contribution in [0.15, 0.2) is 22.7 Å². The summed E-state index contributed by atoms with van der Waals surface area (Å²) < 4.78 is 10.8. The van der Waals surface area contributed by atoms with Gasteiger partial charge in [-0.1, -0.05) is 42.7 Å². The zero-order chi connectivity index (χ0) is 15.1. The first-order valence-electron chi connectivity index (χ1n) is 7.17. The van der Waals surface area contributed by atoms with Gasteiger partial charge in [0.15, 0.2) is 6.61 Å². The van der Waals surface area contributed by atoms with E-state index in [1.165, 1.54) is 0 Å². The van der Waals surface area contributed by atoms with E-state index in [-0.39, 0.29) is 6.61 Å². The van der Waals surface area contributed by atoms with Crippen LogP contribution in [0.25, 0.3) is 0 Å². The third kappa shape index (κ3) is 4.44. The van der Waals surface area contributed by atoms with Gasteiger partial charge in [-0.15, -0.1) is 0 Å². The molecule has 114 valence electrons. The highest BCUT2D eigenvalue weighted by Crippen LogP contribution is 2.29. The Morgan fingerprint density at radius 2 is 2.19 bits per heavy atom. The molecule has 0 unspecified atom stereocenters. The molecular formula is C15H20ClN3O2. The third-order valence-corrected chi connectivity index (χ3v) is 3.25. The molecule has 0 bridgehead atoms. The van der Waals surface area contributed by atoms with Crippen LogP contribution in [0.5, 0.6) is 5.75 Å². The standard InChI is InChI=1S/C15H20ClN3O2/c1-3-8-17-9-11-6-5-7-12(16)15(11)20-10-13-18-14(4-2)21-19-13/h5-7,17H,3-4,8-10H2,1-2H3. The van der Waals surface area contributed by atoms with Crippen molar-refractivity contribution in [3.05, 3.63) is 40.5 Å². The van der Waals surface area contributed by atoms with Gasteiger partial charge in [-0.3, -0.25) is 0 Å². The van der Waals surface area contributed by atoms with Crippen LogP contribution in [0.1, 0.15) is 37.5 Å². The van der Waals surface area contributed by atoms with Gasteiger partial charge in [-0.2, -0.15) is 4.98 Å². The van der Waals surface area contributed by atoms with Gasteiger partial charge in [-0.25, -0.2) is 0 Å². The van der Waals surface area contributed by atoms with Crippen LogP contribution < -0.4 is 10.1 Å². The first kappa shape index (κ1) is 15.8. The molecule has 1 N–H and O–H groups in total. The second-order valence-corrected chi connectivity index (χ2v) is 5.06. The van der Waals surface area contributed by atoms with Crippen molar-refractivity contribution in [1.82, 2.24) is 15.5 Å². The van der Waals surface area contributed by atoms with Gasteiger partial charge in [0.1, 0.15) is 5.75 Å². The normalized spacial score (nSPS) is 10.8. The van der Waals surface area contributed by atoms with E-state index in [0.29, 0.717) is 28.9 Å². The molecule has 1 aromatic carbocycles. The van der Waals surface area contributed by atoms with Gasteiger partial charge >= 0.3 is 0 Å². The quantitative estimate of drug-likeness (QED) is 0.758. The van der Waals surface area contributed by atoms with Crippen molar-refractivity contribution < 1.29 is 9.26 Å². The van der Waals surface area contributed by atoms with Crippen molar-refractivity contribution in [3.8, 4) is 5.75 Å². The van der Waals surface area contributed by atoms with E-state index in [2.05, 4.69) is 22.4 Å². The SMILES string of the molecule is CCCNCc1cccc(Cl)c1OCc1noc(CC)n1. The first-order valence-corrected chi connectivity index (χ1v) is 7.54. The highest BCUT2D eigenvalue weighted by Gasteiger charge is 2.11. The molecule has 0 aliphatic heterocycles. The van der Waals surface area contributed by atoms with E-state index < -0.39 is 0 Å². The number of hydrogen-bond donors (Lipinski definition) is 1. The summed E-state index contributed by atoms with van der Waals surface area (Å²) in [6, 6.07) is 5.73. The van der Waals surface area contributed by atoms with Crippen LogP contribution in [-0.2, 0) is 19.6 Å². The average Bonchev–Trinajstić information content (AvgIpc) is 2.95. The number of halogens is 1. The Hall–Kier alpha value is -1.59. The number of benzene rings is 1. The minimum absolute atomic E-state index is 0.244. The molecule has 1 aromatic heterocycles. The van der Waals surface area contributed by atoms with Gasteiger partial charge in [0.25, 0.3) is 0 Å². The van der Waals surface area contributed by atoms with Crippen molar-refractivity contribution in [1.29, 1.82) is 0 Å². The smallest absolute Gasteiger partial charge is 0.226 e. The van der Waals surface area contributed by atoms with Crippen molar-refractivity contribution in [2.75, 3.05) is 6.54 Å². The van der Waals surface area contributed by atoms with E-state index in [9.17, 15) is 0 Å². The molecular weight excluding hydrogens is 290 g/mol. The number of nitrogens with one attached hydrogen (secondary N) is 1. The number of rotatable bonds is 8. The van der Waals surface area contributed by atoms with E-state index in [1.54, 1.807) is 0 Å². The zero-order valence-electron chi connectivity index (χ0n) is 12.4. The van der Waals surface area contributed by atoms with E-state index in [4.69, 9.17) is 20.9 Å². The van der Waals surface area contributed by atoms with Crippen molar-refractivity contribution >= 4 is 11.6 Å². The molecule has 1 heterocycles. The maximum atomic E-state index is 6.22. The lowest BCUT2D eigenvalue weighted by molar-refractivity contribution is 0.282. The molecule has 0 saturated carbocycles. The van der Waals surface area contributed by atoms with E-state index >= 15 is 0 Å². The molecule has 0 saturated heterocycles. The summed E-state index contributed by atoms with van der Waals surface area (Å²) in [5, 5.41) is 7.80. The summed E-state index contributed by atoms with van der Waals surface area (Å²) in [6.07, 6.45) is 1.80. The molecule has 0 fully saturated rings. The topological polar surface area (TPSA) is 60.2 Å². The second-order valence-electron chi connectivity index (χ2n) is 4.65. The Bertz CT molecular complexity index is 572. The minimum atomic E-state index is 0.244. The fraction of sp³-hybridized carbons (Fsp3) is 0.467. The predicted molar refractivity (Wildman–Crippen MR) is 81.5 cm³/mol. The third-order valence-electron chi connectivity index (χ3n) is 2.95. The Balaban J connectivity index is 2.03. The fourth-order valence-corrected chi connectivity index (χ4v) is 2.13. The Morgan fingerprint density at radius 1 is 1.33 bits per heavy atom. The molecule has 0 atom stereocenters. The number of para-hydroxylation sites is 1. The minimum Gasteiger partial charge on any atom is -0.484 e. The van der Waals surface area contributed by atoms with Crippen LogP contribution >= 0.6 is 11.6 Å². The van der Waals surface area contributed by atoms with Gasteiger partial charge in [0.2, 0.25) is 11.7 Å². The Labute approximate surface area is 129 Å². The number of hydrogen-bond acceptors (Lipinski definition) is 5. The maximum absolute atomic E-state index is 6.22. The highest BCUT2D eigenvalue weighted by atomic mass is 35.5. The molecule has 2 rings (SSSR count). The highest BCUT2D eigenvalue weighted by molar-refractivity contribution is 6.32. The predicted octanol–water partition coefficient (Wildman–Crippen LogP) is 3.36. The van der Waals surface area contributed by atoms with Crippen LogP contribution in [0, 0.1) is 0 Å². The summed E-state index contributed by atoms with van der Waals surface area (Å²) in [7, 11) is 0. The molecule has 21 heavy (non-hydrogen) atoms. The van der Waals surface area contributed by atoms with Crippen LogP contribution in [0.2, 0.25) is 5.02 Å². The lowest BCUT2D eigenvalue weighted by Crippen LogP contribution is -2.15. The lowest BCUT2D eigenvalue weighted by atomic mass is 10.2. The van der Waals surface area contributed by atoms with E-state index in [0.717, 1.165) is 25.1 Å². The van der Waals surface area contributed by atoms with Crippen LogP contribution in [-0.4, -0.2) is 16.7 Å². The number of nitrogens with zero attached hydrogens (tertiary/aromatic N) is 2. The van der Waals surface area contributed by atoms with Crippen LogP contribution in [0.3, 0.4) is 0 Å². The lowest BCUT2D eigenvalue weighted by Gasteiger charge is -2.12. The summed E-state index contributed by atoms with van der Waals surface area (Å²) in [5.41, 5.74) is 1.02. The average molecular weight is 310 g/mol. The first-order chi connectivity index (χ1) is 10.2. The van der Waals surface area contributed by atoms with Crippen molar-refractivity contribution in [2.45, 2.75) is 39.8 Å². The molecule has 5 nitrogen and oxygen atoms in total. The Kier molecular flexibility index (Phi) is 6.02. The Morgan fingerprint density at radius 3 is 2.90 bits per heavy atom. The largest absolute Gasteiger partial charge is 0.484 e. The van der Waals surface area contributed by atoms with Crippen molar-refractivity contribution in [3.63, 3.8) is 0 Å². The van der Waals surface area contributed by atoms with Crippen molar-refractivity contribution in [2.24, 2.45) is 0 Å². The van der Waals surface area contributed by atoms with Gasteiger partial charge in [0.05, 0.1) is 5.02 Å². The molecule has 0 aliphatic rings. The summed E-state index contributed by atoms with van der Waals surface area (Å²) in [5.74, 6) is 1.81. The molecule has 6 heteroatoms. The number of aryl methyl sites for hydroxylation is 1. The number of ether oxygens (including phenoxy) is 1. The van der Waals surface area contributed by atoms with Gasteiger partial charge in [-0.05, 0) is 19.0 Å². The zero-order valence-corrected chi connectivity index (χ0v) is 13.1. The molecule has 2 aromatic rings. The number of aromatic nitrogens is 2. The molecule has 0 amide bonds. The summed E-state index contributed by atoms with van der Waals surface area (Å²) in [6.45, 7) is 6.01. The second kappa shape index (κ2) is 8.00. The molecule has 0 spiro atoms. The van der Waals surface area contributed by atoms with E-state index in [1.807, 2.05) is 25.1 Å². The summed E-state index contributed by atoms with van der Waals surface area (Å²) >= 11 is 6.22. The molecule has 0 aliphatic carbocycles. The molecule has 0 radical (unpaired) electrons. The van der Waals surface area contributed by atoms with Gasteiger partial charge in [0, 0.05) is 18.5 Å². The monoisotopic (exact) mass is 309 g/mol. The van der Waals surface area contributed by atoms with Gasteiger partial charge < -0.3 is 14.6 Å². The fourth-order valence-electron chi connectivity index (χ4n) is 1.88. The van der Waals surface area contributed by atoms with Crippen LogP contribution in [0.4, 0.5) is 0 Å². The maximum Gasteiger partial charge on any atom is 0.226 e. The summed E-state index contributed by atoms with van der Waals surface area (Å²) in [4.78, 5) is 4.22.